The van der Waals surface area contributed by atoms with Gasteiger partial charge in [0, 0.05) is 31.3 Å². The molecule has 2 fully saturated rings. The second kappa shape index (κ2) is 7.66. The summed E-state index contributed by atoms with van der Waals surface area (Å²) in [6.07, 6.45) is 3.28. The van der Waals surface area contributed by atoms with Crippen molar-refractivity contribution in [2.75, 3.05) is 39.5 Å². The zero-order valence-corrected chi connectivity index (χ0v) is 15.6. The first kappa shape index (κ1) is 18.1. The molecule has 2 aliphatic heterocycles. The van der Waals surface area contributed by atoms with E-state index >= 15 is 0 Å². The molecule has 6 nitrogen and oxygen atoms in total. The van der Waals surface area contributed by atoms with Gasteiger partial charge in [-0.3, -0.25) is 9.69 Å². The summed E-state index contributed by atoms with van der Waals surface area (Å²) >= 11 is 1.68. The van der Waals surface area contributed by atoms with E-state index in [1.54, 1.807) is 28.6 Å². The third-order valence-corrected chi connectivity index (χ3v) is 5.59. The summed E-state index contributed by atoms with van der Waals surface area (Å²) in [7, 11) is 1.77. The predicted molar refractivity (Wildman–Crippen MR) is 97.6 cm³/mol. The number of ether oxygens (including phenoxy) is 1. The van der Waals surface area contributed by atoms with Crippen LogP contribution < -0.4 is 5.32 Å². The first-order valence-corrected chi connectivity index (χ1v) is 9.79. The number of carbonyl (C=O) groups excluding carboxylic acids is 2. The van der Waals surface area contributed by atoms with Crippen LogP contribution >= 0.6 is 11.8 Å². The number of nitrogens with one attached hydrogen (secondary N) is 1. The molecule has 2 amide bonds. The molecule has 0 aromatic heterocycles. The van der Waals surface area contributed by atoms with Crippen LogP contribution in [-0.4, -0.2) is 66.9 Å². The highest BCUT2D eigenvalue weighted by atomic mass is 32.2. The molecule has 3 rings (SSSR count). The minimum atomic E-state index is -0.409. The Bertz CT molecular complexity index is 646. The highest BCUT2D eigenvalue weighted by molar-refractivity contribution is 7.98. The van der Waals surface area contributed by atoms with E-state index in [-0.39, 0.29) is 18.5 Å². The lowest BCUT2D eigenvalue weighted by atomic mass is 9.92. The van der Waals surface area contributed by atoms with Crippen LogP contribution in [0.5, 0.6) is 0 Å². The van der Waals surface area contributed by atoms with Gasteiger partial charge in [0.05, 0.1) is 6.54 Å². The monoisotopic (exact) mass is 363 g/mol. The standard InChI is InChI=1S/C18H25N3O3S/c1-20(11-14-4-3-5-15(10-14)25-2)16(22)12-21-13-18(24-17(21)23)6-8-19-9-7-18/h3-5,10,19H,6-9,11-13H2,1-2H3. The van der Waals surface area contributed by atoms with Gasteiger partial charge in [-0.2, -0.15) is 0 Å². The number of rotatable bonds is 5. The van der Waals surface area contributed by atoms with E-state index in [4.69, 9.17) is 4.74 Å². The average Bonchev–Trinajstić information content (AvgIpc) is 2.90. The largest absolute Gasteiger partial charge is 0.441 e. The van der Waals surface area contributed by atoms with Crippen molar-refractivity contribution in [2.45, 2.75) is 29.9 Å². The molecule has 1 spiro atoms. The zero-order valence-electron chi connectivity index (χ0n) is 14.8. The van der Waals surface area contributed by atoms with E-state index in [1.165, 1.54) is 4.90 Å². The van der Waals surface area contributed by atoms with Crippen molar-refractivity contribution >= 4 is 23.8 Å². The maximum absolute atomic E-state index is 12.5. The number of piperidine rings is 1. The molecule has 1 N–H and O–H groups in total. The first-order valence-electron chi connectivity index (χ1n) is 8.57. The lowest BCUT2D eigenvalue weighted by Crippen LogP contribution is -2.46. The van der Waals surface area contributed by atoms with Crippen LogP contribution in [0.15, 0.2) is 29.2 Å². The Morgan fingerprint density at radius 2 is 2.16 bits per heavy atom. The van der Waals surface area contributed by atoms with Crippen LogP contribution in [0.2, 0.25) is 0 Å². The van der Waals surface area contributed by atoms with E-state index in [0.29, 0.717) is 13.1 Å². The van der Waals surface area contributed by atoms with Crippen LogP contribution in [-0.2, 0) is 16.1 Å². The van der Waals surface area contributed by atoms with Gasteiger partial charge in [0.2, 0.25) is 5.91 Å². The summed E-state index contributed by atoms with van der Waals surface area (Å²) < 4.78 is 5.61. The molecule has 2 heterocycles. The highest BCUT2D eigenvalue weighted by Crippen LogP contribution is 2.31. The number of amides is 2. The third kappa shape index (κ3) is 4.27. The average molecular weight is 363 g/mol. The van der Waals surface area contributed by atoms with Crippen molar-refractivity contribution in [2.24, 2.45) is 0 Å². The number of hydrogen-bond acceptors (Lipinski definition) is 5. The Hall–Kier alpha value is -1.73. The van der Waals surface area contributed by atoms with Gasteiger partial charge in [-0.1, -0.05) is 12.1 Å². The van der Waals surface area contributed by atoms with Gasteiger partial charge < -0.3 is 15.0 Å². The molecule has 1 aromatic carbocycles. The van der Waals surface area contributed by atoms with E-state index < -0.39 is 5.60 Å². The number of benzene rings is 1. The van der Waals surface area contributed by atoms with Gasteiger partial charge in [-0.05, 0) is 37.0 Å². The maximum atomic E-state index is 12.5. The van der Waals surface area contributed by atoms with E-state index in [2.05, 4.69) is 17.4 Å². The van der Waals surface area contributed by atoms with E-state index in [1.807, 2.05) is 18.4 Å². The van der Waals surface area contributed by atoms with Crippen molar-refractivity contribution < 1.29 is 14.3 Å². The summed E-state index contributed by atoms with van der Waals surface area (Å²) in [5.41, 5.74) is 0.676. The molecule has 0 aliphatic carbocycles. The van der Waals surface area contributed by atoms with Gasteiger partial charge in [0.1, 0.15) is 12.1 Å². The third-order valence-electron chi connectivity index (χ3n) is 4.86. The molecule has 2 aliphatic rings. The molecular weight excluding hydrogens is 338 g/mol. The molecule has 1 aromatic rings. The Morgan fingerprint density at radius 3 is 2.88 bits per heavy atom. The van der Waals surface area contributed by atoms with Crippen molar-refractivity contribution in [1.82, 2.24) is 15.1 Å². The normalized spacial score (nSPS) is 19.1. The van der Waals surface area contributed by atoms with Crippen LogP contribution in [0.25, 0.3) is 0 Å². The molecule has 136 valence electrons. The minimum Gasteiger partial charge on any atom is -0.441 e. The van der Waals surface area contributed by atoms with Gasteiger partial charge in [0.15, 0.2) is 0 Å². The van der Waals surface area contributed by atoms with Crippen molar-refractivity contribution in [3.63, 3.8) is 0 Å². The van der Waals surface area contributed by atoms with Gasteiger partial charge in [-0.15, -0.1) is 11.8 Å². The van der Waals surface area contributed by atoms with Crippen molar-refractivity contribution in [3.05, 3.63) is 29.8 Å². The summed E-state index contributed by atoms with van der Waals surface area (Å²) in [6, 6.07) is 8.15. The number of likely N-dealkylation sites (N-methyl/N-ethyl adjacent to an activating group) is 1. The summed E-state index contributed by atoms with van der Waals surface area (Å²) in [5, 5.41) is 3.27. The number of thioether (sulfide) groups is 1. The number of hydrogen-bond donors (Lipinski definition) is 1. The fourth-order valence-electron chi connectivity index (χ4n) is 3.37. The van der Waals surface area contributed by atoms with Gasteiger partial charge >= 0.3 is 6.09 Å². The fraction of sp³-hybridized carbons (Fsp3) is 0.556. The molecule has 25 heavy (non-hydrogen) atoms. The summed E-state index contributed by atoms with van der Waals surface area (Å²) in [5.74, 6) is -0.0718. The molecule has 7 heteroatoms. The molecule has 0 radical (unpaired) electrons. The Kier molecular flexibility index (Phi) is 5.54. The van der Waals surface area contributed by atoms with E-state index in [0.717, 1.165) is 31.5 Å². The van der Waals surface area contributed by atoms with Crippen LogP contribution in [0.1, 0.15) is 18.4 Å². The van der Waals surface area contributed by atoms with Crippen LogP contribution in [0, 0.1) is 0 Å². The first-order chi connectivity index (χ1) is 12.0. The lowest BCUT2D eigenvalue weighted by Gasteiger charge is -2.31. The Balaban J connectivity index is 1.57. The molecule has 0 saturated carbocycles. The summed E-state index contributed by atoms with van der Waals surface area (Å²) in [6.45, 7) is 2.81. The second-order valence-electron chi connectivity index (χ2n) is 6.76. The maximum Gasteiger partial charge on any atom is 0.410 e. The zero-order chi connectivity index (χ0) is 17.9. The van der Waals surface area contributed by atoms with Gasteiger partial charge in [-0.25, -0.2) is 4.79 Å². The molecule has 2 saturated heterocycles. The van der Waals surface area contributed by atoms with Crippen LogP contribution in [0.4, 0.5) is 4.79 Å². The second-order valence-corrected chi connectivity index (χ2v) is 7.64. The lowest BCUT2D eigenvalue weighted by molar-refractivity contribution is -0.130. The topological polar surface area (TPSA) is 61.9 Å². The van der Waals surface area contributed by atoms with Crippen molar-refractivity contribution in [1.29, 1.82) is 0 Å². The smallest absolute Gasteiger partial charge is 0.410 e. The van der Waals surface area contributed by atoms with Crippen LogP contribution in [0.3, 0.4) is 0 Å². The molecule has 0 atom stereocenters. The number of carbonyl (C=O) groups is 2. The number of nitrogens with zero attached hydrogens (tertiary/aromatic N) is 2. The Labute approximate surface area is 152 Å². The predicted octanol–water partition coefficient (Wildman–Crippen LogP) is 1.94. The SMILES string of the molecule is CSc1cccc(CN(C)C(=O)CN2CC3(CCNCC3)OC2=O)c1. The quantitative estimate of drug-likeness (QED) is 0.810. The van der Waals surface area contributed by atoms with Crippen molar-refractivity contribution in [3.8, 4) is 0 Å². The van der Waals surface area contributed by atoms with E-state index in [9.17, 15) is 9.59 Å². The molecule has 0 unspecified atom stereocenters. The minimum absolute atomic E-state index is 0.0718. The highest BCUT2D eigenvalue weighted by Gasteiger charge is 2.46. The summed E-state index contributed by atoms with van der Waals surface area (Å²) in [4.78, 5) is 29.1. The van der Waals surface area contributed by atoms with Gasteiger partial charge in [0.25, 0.3) is 0 Å². The Morgan fingerprint density at radius 1 is 1.40 bits per heavy atom. The molecule has 0 bridgehead atoms. The fourth-order valence-corrected chi connectivity index (χ4v) is 3.86. The molecular formula is C18H25N3O3S.